The van der Waals surface area contributed by atoms with Crippen LogP contribution in [0.1, 0.15) is 65.4 Å². The van der Waals surface area contributed by atoms with Crippen LogP contribution in [0.2, 0.25) is 18.1 Å². The zero-order valence-corrected chi connectivity index (χ0v) is 32.8. The van der Waals surface area contributed by atoms with Crippen molar-refractivity contribution in [2.75, 3.05) is 67.6 Å². The monoisotopic (exact) mass is 715 g/mol. The summed E-state index contributed by atoms with van der Waals surface area (Å²) >= 11 is 0. The first-order valence-corrected chi connectivity index (χ1v) is 20.5. The van der Waals surface area contributed by atoms with Crippen molar-refractivity contribution in [1.82, 2.24) is 24.8 Å². The van der Waals surface area contributed by atoms with Crippen molar-refractivity contribution in [3.8, 4) is 17.3 Å². The molecule has 2 N–H and O–H groups in total. The second kappa shape index (κ2) is 14.5. The second-order valence-corrected chi connectivity index (χ2v) is 21.1. The number of anilines is 4. The first kappa shape index (κ1) is 38.1. The lowest BCUT2D eigenvalue weighted by Crippen LogP contribution is -2.47. The summed E-state index contributed by atoms with van der Waals surface area (Å²) in [6.07, 6.45) is 1.18. The second-order valence-electron chi connectivity index (χ2n) is 16.3. The molecule has 1 atom stereocenters. The molecule has 3 aromatic rings. The maximum absolute atomic E-state index is 13.6. The van der Waals surface area contributed by atoms with Crippen LogP contribution in [0.4, 0.5) is 28.1 Å². The molecule has 0 bridgehead atoms. The van der Waals surface area contributed by atoms with Gasteiger partial charge in [-0.3, -0.25) is 9.80 Å². The predicted molar refractivity (Wildman–Crippen MR) is 202 cm³/mol. The first-order valence-electron chi connectivity index (χ1n) is 17.6. The molecule has 0 spiro atoms. The van der Waals surface area contributed by atoms with Gasteiger partial charge in [-0.2, -0.15) is 5.26 Å². The molecule has 0 aliphatic carbocycles. The number of carbonyl (C=O) groups is 1. The number of benzene rings is 1. The fourth-order valence-corrected chi connectivity index (χ4v) is 7.21. The van der Waals surface area contributed by atoms with E-state index in [4.69, 9.17) is 14.1 Å². The number of aromatic nitrogens is 4. The zero-order valence-electron chi connectivity index (χ0n) is 31.8. The van der Waals surface area contributed by atoms with Gasteiger partial charge in [0.1, 0.15) is 29.1 Å². The molecular formula is C37H53N9O4Si. The molecule has 1 aromatic carbocycles. The highest BCUT2D eigenvalue weighted by Gasteiger charge is 2.47. The average molecular weight is 716 g/mol. The van der Waals surface area contributed by atoms with Crippen LogP contribution in [0.5, 0.6) is 0 Å². The Labute approximate surface area is 303 Å². The summed E-state index contributed by atoms with van der Waals surface area (Å²) in [4.78, 5) is 38.2. The van der Waals surface area contributed by atoms with Crippen LogP contribution in [0.15, 0.2) is 30.5 Å². The summed E-state index contributed by atoms with van der Waals surface area (Å²) in [5.74, 6) is 2.36. The van der Waals surface area contributed by atoms with Gasteiger partial charge in [0.05, 0.1) is 23.6 Å². The third kappa shape index (κ3) is 8.66. The lowest BCUT2D eigenvalue weighted by Gasteiger charge is -2.39. The molecule has 0 radical (unpaired) electrons. The lowest BCUT2D eigenvalue weighted by molar-refractivity contribution is 0.0575. The number of carbonyl (C=O) groups excluding carboxylic acids is 1. The fourth-order valence-electron chi connectivity index (χ4n) is 6.10. The van der Waals surface area contributed by atoms with Gasteiger partial charge in [-0.1, -0.05) is 27.7 Å². The van der Waals surface area contributed by atoms with E-state index in [1.54, 1.807) is 23.2 Å². The number of amides is 1. The number of β-amino-alcohol motifs (C(OH)–C–C–N with tert-alkyl or cyclic N) is 1. The van der Waals surface area contributed by atoms with Gasteiger partial charge in [0, 0.05) is 69.1 Å². The van der Waals surface area contributed by atoms with Gasteiger partial charge in [0.15, 0.2) is 8.32 Å². The number of ether oxygens (including phenoxy) is 1. The molecule has 14 heteroatoms. The van der Waals surface area contributed by atoms with E-state index in [-0.39, 0.29) is 11.6 Å². The number of aliphatic hydroxyl groups excluding tert-OH is 1. The standard InChI is InChI=1S/C37H53N9O4Si/c1-25-40-30(21-31(41-25)45-15-13-44(14-16-45)17-18-47)43-33-39-12-11-29(42-33)26-19-27(22-38)32-28(20-26)37(8,24-49-51(9,10)36(5,6)7)23-46(32)34(48)50-35(2,3)4/h11-12,19-21,47H,13-18,23-24H2,1-10H3,(H,39,40,41,42,43)/t37-/m1/s1. The highest BCUT2D eigenvalue weighted by atomic mass is 28.4. The van der Waals surface area contributed by atoms with Crippen molar-refractivity contribution >= 4 is 37.7 Å². The summed E-state index contributed by atoms with van der Waals surface area (Å²) in [6, 6.07) is 9.84. The third-order valence-electron chi connectivity index (χ3n) is 9.96. The minimum Gasteiger partial charge on any atom is -0.443 e. The van der Waals surface area contributed by atoms with E-state index in [9.17, 15) is 15.2 Å². The van der Waals surface area contributed by atoms with E-state index in [0.717, 1.165) is 43.1 Å². The SMILES string of the molecule is Cc1nc(Nc2nccc(-c3cc(C#N)c4c(c3)[C@@](C)(CO[Si](C)(C)C(C)(C)C)CN4C(=O)OC(C)(C)C)n2)cc(N2CCN(CCO)CC2)n1. The zero-order chi connectivity index (χ0) is 37.4. The summed E-state index contributed by atoms with van der Waals surface area (Å²) in [6.45, 7) is 25.3. The molecule has 2 aliphatic rings. The Morgan fingerprint density at radius 1 is 1.08 bits per heavy atom. The number of rotatable bonds is 9. The number of hydrogen-bond donors (Lipinski definition) is 2. The normalized spacial score (nSPS) is 18.4. The van der Waals surface area contributed by atoms with E-state index < -0.39 is 25.4 Å². The van der Waals surface area contributed by atoms with Gasteiger partial charge in [0.2, 0.25) is 5.95 Å². The Hall–Kier alpha value is -4.16. The van der Waals surface area contributed by atoms with Crippen molar-refractivity contribution in [2.24, 2.45) is 0 Å². The van der Waals surface area contributed by atoms with Crippen LogP contribution < -0.4 is 15.1 Å². The van der Waals surface area contributed by atoms with E-state index >= 15 is 0 Å². The Morgan fingerprint density at radius 2 is 1.78 bits per heavy atom. The van der Waals surface area contributed by atoms with Crippen LogP contribution >= 0.6 is 0 Å². The van der Waals surface area contributed by atoms with Gasteiger partial charge in [0.25, 0.3) is 0 Å². The van der Waals surface area contributed by atoms with E-state index in [2.05, 4.69) is 76.9 Å². The molecule has 1 amide bonds. The van der Waals surface area contributed by atoms with Crippen molar-refractivity contribution in [2.45, 2.75) is 84.5 Å². The fraction of sp³-hybridized carbons (Fsp3) is 0.568. The maximum Gasteiger partial charge on any atom is 0.414 e. The smallest absolute Gasteiger partial charge is 0.414 e. The lowest BCUT2D eigenvalue weighted by atomic mass is 9.83. The number of nitrogens with zero attached hydrogens (tertiary/aromatic N) is 8. The van der Waals surface area contributed by atoms with Crippen LogP contribution in [0, 0.1) is 18.3 Å². The highest BCUT2D eigenvalue weighted by Crippen LogP contribution is 2.47. The molecular weight excluding hydrogens is 663 g/mol. The van der Waals surface area contributed by atoms with E-state index in [1.165, 1.54) is 0 Å². The molecule has 1 saturated heterocycles. The molecule has 1 fully saturated rings. The Bertz CT molecular complexity index is 1790. The van der Waals surface area contributed by atoms with Gasteiger partial charge in [-0.25, -0.2) is 24.7 Å². The average Bonchev–Trinajstić information content (AvgIpc) is 3.35. The summed E-state index contributed by atoms with van der Waals surface area (Å²) in [7, 11) is -2.15. The number of aliphatic hydroxyl groups is 1. The number of aryl methyl sites for hydroxylation is 1. The molecule has 0 saturated carbocycles. The minimum absolute atomic E-state index is 0.00205. The molecule has 274 valence electrons. The van der Waals surface area contributed by atoms with Crippen molar-refractivity contribution in [1.29, 1.82) is 5.26 Å². The molecule has 13 nitrogen and oxygen atoms in total. The van der Waals surface area contributed by atoms with E-state index in [0.29, 0.717) is 54.2 Å². The van der Waals surface area contributed by atoms with E-state index in [1.807, 2.05) is 39.8 Å². The maximum atomic E-state index is 13.6. The number of nitriles is 1. The predicted octanol–water partition coefficient (Wildman–Crippen LogP) is 6.01. The molecule has 5 rings (SSSR count). The first-order chi connectivity index (χ1) is 23.8. The van der Waals surface area contributed by atoms with Gasteiger partial charge < -0.3 is 24.5 Å². The van der Waals surface area contributed by atoms with Crippen LogP contribution in [0.25, 0.3) is 11.3 Å². The number of nitrogens with one attached hydrogen (secondary N) is 1. The largest absolute Gasteiger partial charge is 0.443 e. The molecule has 51 heavy (non-hydrogen) atoms. The van der Waals surface area contributed by atoms with Crippen molar-refractivity contribution < 1.29 is 19.1 Å². The highest BCUT2D eigenvalue weighted by molar-refractivity contribution is 6.74. The number of hydrogen-bond acceptors (Lipinski definition) is 12. The van der Waals surface area contributed by atoms with Crippen LogP contribution in [-0.4, -0.2) is 102 Å². The molecule has 4 heterocycles. The van der Waals surface area contributed by atoms with Crippen molar-refractivity contribution in [3.05, 3.63) is 47.4 Å². The Balaban J connectivity index is 1.48. The summed E-state index contributed by atoms with van der Waals surface area (Å²) in [5, 5.41) is 23.0. The Kier molecular flexibility index (Phi) is 10.8. The molecule has 0 unspecified atom stereocenters. The summed E-state index contributed by atoms with van der Waals surface area (Å²) < 4.78 is 12.6. The van der Waals surface area contributed by atoms with Crippen LogP contribution in [-0.2, 0) is 14.6 Å². The third-order valence-corrected chi connectivity index (χ3v) is 14.4. The topological polar surface area (TPSA) is 153 Å². The quantitative estimate of drug-likeness (QED) is 0.250. The number of piperazine rings is 1. The molecule has 2 aliphatic heterocycles. The van der Waals surface area contributed by atoms with Gasteiger partial charge in [-0.15, -0.1) is 0 Å². The summed E-state index contributed by atoms with van der Waals surface area (Å²) in [5.41, 5.74) is 1.75. The van der Waals surface area contributed by atoms with Gasteiger partial charge in [-0.05, 0) is 69.6 Å². The Morgan fingerprint density at radius 3 is 2.41 bits per heavy atom. The van der Waals surface area contributed by atoms with Gasteiger partial charge >= 0.3 is 6.09 Å². The number of fused-ring (bicyclic) bond motifs is 1. The van der Waals surface area contributed by atoms with Crippen molar-refractivity contribution in [3.63, 3.8) is 0 Å². The molecule has 2 aromatic heterocycles. The minimum atomic E-state index is -2.15. The van der Waals surface area contributed by atoms with Crippen LogP contribution in [0.3, 0.4) is 0 Å².